The van der Waals surface area contributed by atoms with Crippen LogP contribution in [-0.4, -0.2) is 5.11 Å². The molecule has 11 heavy (non-hydrogen) atoms. The maximum absolute atomic E-state index is 8.94. The molecule has 0 bridgehead atoms. The van der Waals surface area contributed by atoms with Crippen molar-refractivity contribution < 1.29 is 5.11 Å². The molecule has 1 rings (SSSR count). The molecule has 0 radical (unpaired) electrons. The maximum atomic E-state index is 8.94. The van der Waals surface area contributed by atoms with Gasteiger partial charge in [-0.3, -0.25) is 0 Å². The van der Waals surface area contributed by atoms with Gasteiger partial charge in [-0.1, -0.05) is 12.1 Å². The highest BCUT2D eigenvalue weighted by molar-refractivity contribution is 5.52. The molecule has 0 fully saturated rings. The van der Waals surface area contributed by atoms with Crippen LogP contribution in [0.5, 0.6) is 5.75 Å². The first-order valence-electron chi connectivity index (χ1n) is 3.41. The Balaban J connectivity index is 2.91. The number of hydrogen-bond acceptors (Lipinski definition) is 2. The van der Waals surface area contributed by atoms with Crippen molar-refractivity contribution in [3.63, 3.8) is 0 Å². The van der Waals surface area contributed by atoms with Crippen LogP contribution in [0.3, 0.4) is 0 Å². The molecule has 2 heteroatoms. The Kier molecular flexibility index (Phi) is 2.16. The lowest BCUT2D eigenvalue weighted by Crippen LogP contribution is -1.88. The van der Waals surface area contributed by atoms with Crippen molar-refractivity contribution in [3.8, 4) is 5.75 Å². The Hall–Kier alpha value is -1.44. The number of nitrogens with two attached hydrogens (primary N) is 1. The van der Waals surface area contributed by atoms with E-state index in [4.69, 9.17) is 10.8 Å². The van der Waals surface area contributed by atoms with Crippen LogP contribution in [0, 0.1) is 0 Å². The van der Waals surface area contributed by atoms with Crippen molar-refractivity contribution in [3.05, 3.63) is 35.5 Å². The first-order chi connectivity index (χ1) is 5.18. The van der Waals surface area contributed by atoms with E-state index in [0.29, 0.717) is 0 Å². The second-order valence-corrected chi connectivity index (χ2v) is 2.48. The fourth-order valence-electron chi connectivity index (χ4n) is 0.833. The summed E-state index contributed by atoms with van der Waals surface area (Å²) in [7, 11) is 0. The van der Waals surface area contributed by atoms with Gasteiger partial charge in [-0.25, -0.2) is 0 Å². The van der Waals surface area contributed by atoms with Crippen LogP contribution >= 0.6 is 0 Å². The van der Waals surface area contributed by atoms with Crippen molar-refractivity contribution in [1.29, 1.82) is 0 Å². The number of benzene rings is 1. The lowest BCUT2D eigenvalue weighted by molar-refractivity contribution is 0.475. The zero-order chi connectivity index (χ0) is 8.27. The molecule has 0 aliphatic carbocycles. The van der Waals surface area contributed by atoms with Crippen molar-refractivity contribution in [1.82, 2.24) is 0 Å². The Morgan fingerprint density at radius 1 is 1.36 bits per heavy atom. The lowest BCUT2D eigenvalue weighted by Gasteiger charge is -1.94. The Morgan fingerprint density at radius 3 is 2.36 bits per heavy atom. The van der Waals surface area contributed by atoms with Crippen LogP contribution in [0.25, 0.3) is 6.08 Å². The average Bonchev–Trinajstić information content (AvgIpc) is 1.93. The van der Waals surface area contributed by atoms with Gasteiger partial charge < -0.3 is 10.8 Å². The molecule has 0 saturated carbocycles. The Labute approximate surface area is 66.0 Å². The molecule has 0 heterocycles. The molecule has 0 unspecified atom stereocenters. The summed E-state index contributed by atoms with van der Waals surface area (Å²) in [5.74, 6) is 0.275. The summed E-state index contributed by atoms with van der Waals surface area (Å²) in [4.78, 5) is 0. The summed E-state index contributed by atoms with van der Waals surface area (Å²) < 4.78 is 0. The van der Waals surface area contributed by atoms with Crippen molar-refractivity contribution in [2.24, 2.45) is 5.73 Å². The minimum Gasteiger partial charge on any atom is -0.508 e. The van der Waals surface area contributed by atoms with Crippen LogP contribution < -0.4 is 5.73 Å². The fourth-order valence-corrected chi connectivity index (χ4v) is 0.833. The van der Waals surface area contributed by atoms with Gasteiger partial charge in [0.1, 0.15) is 5.75 Å². The number of hydrogen-bond donors (Lipinski definition) is 2. The SMILES string of the molecule is C/C(N)=C/c1ccc(O)cc1. The summed E-state index contributed by atoms with van der Waals surface area (Å²) in [6, 6.07) is 6.89. The maximum Gasteiger partial charge on any atom is 0.115 e. The van der Waals surface area contributed by atoms with E-state index in [1.54, 1.807) is 12.1 Å². The van der Waals surface area contributed by atoms with E-state index in [1.165, 1.54) is 0 Å². The van der Waals surface area contributed by atoms with Gasteiger partial charge in [0, 0.05) is 5.70 Å². The molecule has 1 aromatic carbocycles. The van der Waals surface area contributed by atoms with E-state index in [1.807, 2.05) is 25.1 Å². The van der Waals surface area contributed by atoms with E-state index < -0.39 is 0 Å². The van der Waals surface area contributed by atoms with Crippen LogP contribution in [0.15, 0.2) is 30.0 Å². The zero-order valence-electron chi connectivity index (χ0n) is 6.41. The third kappa shape index (κ3) is 2.34. The quantitative estimate of drug-likeness (QED) is 0.638. The summed E-state index contributed by atoms with van der Waals surface area (Å²) in [5, 5.41) is 8.94. The van der Waals surface area contributed by atoms with Crippen molar-refractivity contribution >= 4 is 6.08 Å². The predicted octanol–water partition coefficient (Wildman–Crippen LogP) is 1.71. The van der Waals surface area contributed by atoms with Gasteiger partial charge in [0.15, 0.2) is 0 Å². The normalized spacial score (nSPS) is 11.5. The molecule has 1 aromatic rings. The number of allylic oxidation sites excluding steroid dienone is 1. The van der Waals surface area contributed by atoms with Crippen LogP contribution in [0.4, 0.5) is 0 Å². The molecule has 3 N–H and O–H groups in total. The summed E-state index contributed by atoms with van der Waals surface area (Å²) in [5.41, 5.74) is 7.22. The highest BCUT2D eigenvalue weighted by atomic mass is 16.3. The van der Waals surface area contributed by atoms with Crippen LogP contribution in [0.2, 0.25) is 0 Å². The molecule has 0 saturated heterocycles. The van der Waals surface area contributed by atoms with E-state index in [9.17, 15) is 0 Å². The highest BCUT2D eigenvalue weighted by Gasteiger charge is 1.87. The first kappa shape index (κ1) is 7.66. The molecule has 0 spiro atoms. The van der Waals surface area contributed by atoms with Crippen LogP contribution in [0.1, 0.15) is 12.5 Å². The molecule has 58 valence electrons. The highest BCUT2D eigenvalue weighted by Crippen LogP contribution is 2.11. The number of phenolic OH excluding ortho intramolecular Hbond substituents is 1. The summed E-state index contributed by atoms with van der Waals surface area (Å²) in [6.07, 6.45) is 1.85. The van der Waals surface area contributed by atoms with Crippen molar-refractivity contribution in [2.75, 3.05) is 0 Å². The topological polar surface area (TPSA) is 46.2 Å². The fraction of sp³-hybridized carbons (Fsp3) is 0.111. The minimum absolute atomic E-state index is 0.275. The molecular weight excluding hydrogens is 138 g/mol. The van der Waals surface area contributed by atoms with Gasteiger partial charge in [0.25, 0.3) is 0 Å². The lowest BCUT2D eigenvalue weighted by atomic mass is 10.2. The number of aromatic hydroxyl groups is 1. The molecule has 2 nitrogen and oxygen atoms in total. The Morgan fingerprint density at radius 2 is 1.91 bits per heavy atom. The van der Waals surface area contributed by atoms with Gasteiger partial charge in [-0.2, -0.15) is 0 Å². The number of rotatable bonds is 1. The van der Waals surface area contributed by atoms with Gasteiger partial charge in [0.2, 0.25) is 0 Å². The van der Waals surface area contributed by atoms with E-state index in [0.717, 1.165) is 11.3 Å². The smallest absolute Gasteiger partial charge is 0.115 e. The van der Waals surface area contributed by atoms with Gasteiger partial charge in [0.05, 0.1) is 0 Å². The van der Waals surface area contributed by atoms with Crippen molar-refractivity contribution in [2.45, 2.75) is 6.92 Å². The van der Waals surface area contributed by atoms with Gasteiger partial charge >= 0.3 is 0 Å². The first-order valence-corrected chi connectivity index (χ1v) is 3.41. The second-order valence-electron chi connectivity index (χ2n) is 2.48. The number of phenols is 1. The predicted molar refractivity (Wildman–Crippen MR) is 45.9 cm³/mol. The molecule has 0 amide bonds. The third-order valence-electron chi connectivity index (χ3n) is 1.29. The van der Waals surface area contributed by atoms with Gasteiger partial charge in [-0.15, -0.1) is 0 Å². The minimum atomic E-state index is 0.275. The largest absolute Gasteiger partial charge is 0.508 e. The Bertz CT molecular complexity index is 257. The molecular formula is C9H11NO. The standard InChI is InChI=1S/C9H11NO/c1-7(10)6-8-2-4-9(11)5-3-8/h2-6,11H,10H2,1H3/b7-6-. The monoisotopic (exact) mass is 149 g/mol. The van der Waals surface area contributed by atoms with Gasteiger partial charge in [-0.05, 0) is 30.7 Å². The summed E-state index contributed by atoms with van der Waals surface area (Å²) in [6.45, 7) is 1.83. The van der Waals surface area contributed by atoms with E-state index >= 15 is 0 Å². The molecule has 0 aliphatic rings. The molecule has 0 atom stereocenters. The van der Waals surface area contributed by atoms with E-state index in [-0.39, 0.29) is 5.75 Å². The summed E-state index contributed by atoms with van der Waals surface area (Å²) >= 11 is 0. The average molecular weight is 149 g/mol. The third-order valence-corrected chi connectivity index (χ3v) is 1.29. The van der Waals surface area contributed by atoms with Crippen LogP contribution in [-0.2, 0) is 0 Å². The van der Waals surface area contributed by atoms with E-state index in [2.05, 4.69) is 0 Å². The molecule has 0 aromatic heterocycles. The zero-order valence-corrected chi connectivity index (χ0v) is 6.41. The second kappa shape index (κ2) is 3.10. The molecule has 0 aliphatic heterocycles.